The molecule has 1 aromatic carbocycles. The summed E-state index contributed by atoms with van der Waals surface area (Å²) in [5.74, 6) is -0.196. The second-order valence-corrected chi connectivity index (χ2v) is 9.11. The van der Waals surface area contributed by atoms with Gasteiger partial charge in [-0.2, -0.15) is 13.2 Å². The third-order valence-corrected chi connectivity index (χ3v) is 5.14. The van der Waals surface area contributed by atoms with Crippen molar-refractivity contribution in [2.24, 2.45) is 11.7 Å². The van der Waals surface area contributed by atoms with Gasteiger partial charge in [-0.15, -0.1) is 0 Å². The molecule has 0 aliphatic heterocycles. The summed E-state index contributed by atoms with van der Waals surface area (Å²) in [7, 11) is 0. The van der Waals surface area contributed by atoms with E-state index in [1.165, 1.54) is 23.7 Å². The van der Waals surface area contributed by atoms with Crippen molar-refractivity contribution in [2.75, 3.05) is 6.61 Å². The molecule has 156 valence electrons. The molecule has 0 radical (unpaired) electrons. The quantitative estimate of drug-likeness (QED) is 0.587. The van der Waals surface area contributed by atoms with Crippen LogP contribution in [0, 0.1) is 12.8 Å². The van der Waals surface area contributed by atoms with Crippen LogP contribution in [0.4, 0.5) is 13.2 Å². The number of halogens is 3. The molecule has 0 saturated carbocycles. The van der Waals surface area contributed by atoms with Crippen molar-refractivity contribution in [1.29, 1.82) is 0 Å². The molecule has 9 heteroatoms. The summed E-state index contributed by atoms with van der Waals surface area (Å²) in [6.07, 6.45) is -2.59. The summed E-state index contributed by atoms with van der Waals surface area (Å²) in [5, 5.41) is 0.773. The zero-order valence-corrected chi connectivity index (χ0v) is 17.5. The topological polar surface area (TPSA) is 73.9 Å². The highest BCUT2D eigenvalue weighted by atomic mass is 32.1. The maximum absolute atomic E-state index is 13.7. The van der Waals surface area contributed by atoms with Gasteiger partial charge in [0, 0.05) is 11.1 Å². The van der Waals surface area contributed by atoms with Crippen LogP contribution in [0.2, 0.25) is 0 Å². The lowest BCUT2D eigenvalue weighted by molar-refractivity contribution is -0.139. The van der Waals surface area contributed by atoms with Crippen LogP contribution in [0.5, 0.6) is 5.75 Å². The molecule has 0 spiro atoms. The van der Waals surface area contributed by atoms with Crippen LogP contribution >= 0.6 is 11.3 Å². The summed E-state index contributed by atoms with van der Waals surface area (Å²) in [5.41, 5.74) is 5.91. The van der Waals surface area contributed by atoms with Gasteiger partial charge in [0.2, 0.25) is 0 Å². The van der Waals surface area contributed by atoms with E-state index in [2.05, 4.69) is 15.0 Å². The minimum absolute atomic E-state index is 0.00947. The van der Waals surface area contributed by atoms with Gasteiger partial charge in [0.05, 0.1) is 17.2 Å². The molecule has 0 aliphatic rings. The molecule has 2 N–H and O–H groups in total. The van der Waals surface area contributed by atoms with E-state index in [0.717, 1.165) is 11.1 Å². The molecule has 29 heavy (non-hydrogen) atoms. The van der Waals surface area contributed by atoms with Crippen LogP contribution < -0.4 is 10.5 Å². The number of alkyl halides is 3. The Morgan fingerprint density at radius 3 is 2.59 bits per heavy atom. The van der Waals surface area contributed by atoms with Crippen LogP contribution in [0.25, 0.3) is 21.6 Å². The van der Waals surface area contributed by atoms with Gasteiger partial charge in [0.15, 0.2) is 0 Å². The van der Waals surface area contributed by atoms with Crippen molar-refractivity contribution in [3.63, 3.8) is 0 Å². The average molecular weight is 424 g/mol. The largest absolute Gasteiger partial charge is 0.493 e. The molecular weight excluding hydrogens is 401 g/mol. The number of aryl methyl sites for hydroxylation is 1. The lowest BCUT2D eigenvalue weighted by atomic mass is 9.93. The van der Waals surface area contributed by atoms with Crippen LogP contribution in [0.3, 0.4) is 0 Å². The number of nitrogens with two attached hydrogens (primary N) is 1. The maximum Gasteiger partial charge on any atom is 0.419 e. The van der Waals surface area contributed by atoms with Crippen molar-refractivity contribution in [3.8, 4) is 17.0 Å². The smallest absolute Gasteiger partial charge is 0.419 e. The molecule has 3 aromatic rings. The van der Waals surface area contributed by atoms with E-state index in [1.807, 2.05) is 27.7 Å². The van der Waals surface area contributed by atoms with Crippen LogP contribution in [0.1, 0.15) is 37.8 Å². The molecule has 5 nitrogen and oxygen atoms in total. The minimum Gasteiger partial charge on any atom is -0.493 e. The Morgan fingerprint density at radius 1 is 1.21 bits per heavy atom. The zero-order valence-electron chi connectivity index (χ0n) is 16.7. The molecule has 0 unspecified atom stereocenters. The third kappa shape index (κ3) is 5.22. The van der Waals surface area contributed by atoms with E-state index >= 15 is 0 Å². The van der Waals surface area contributed by atoms with Crippen molar-refractivity contribution < 1.29 is 17.9 Å². The number of thiazole rings is 1. The van der Waals surface area contributed by atoms with Crippen LogP contribution in [0.15, 0.2) is 24.5 Å². The number of hydrogen-bond donors (Lipinski definition) is 1. The Bertz CT molecular complexity index is 1010. The van der Waals surface area contributed by atoms with E-state index in [9.17, 15) is 13.2 Å². The van der Waals surface area contributed by atoms with Gasteiger partial charge < -0.3 is 10.5 Å². The fourth-order valence-electron chi connectivity index (χ4n) is 3.28. The van der Waals surface area contributed by atoms with Crippen molar-refractivity contribution >= 4 is 21.7 Å². The second kappa shape index (κ2) is 7.87. The van der Waals surface area contributed by atoms with Crippen molar-refractivity contribution in [2.45, 2.75) is 45.8 Å². The Morgan fingerprint density at radius 2 is 1.93 bits per heavy atom. The molecule has 1 atom stereocenters. The first-order chi connectivity index (χ1) is 13.4. The summed E-state index contributed by atoms with van der Waals surface area (Å²) in [6, 6.07) is 3.97. The van der Waals surface area contributed by atoms with E-state index in [-0.39, 0.29) is 18.3 Å². The van der Waals surface area contributed by atoms with Gasteiger partial charge in [-0.3, -0.25) is 0 Å². The molecule has 0 bridgehead atoms. The molecule has 0 saturated heterocycles. The molecule has 0 aliphatic carbocycles. The molecule has 3 rings (SSSR count). The van der Waals surface area contributed by atoms with Gasteiger partial charge in [0.1, 0.15) is 28.1 Å². The second-order valence-electron chi connectivity index (χ2n) is 7.93. The Labute approximate surface area is 171 Å². The standard InChI is InChI=1S/C20H23F3N4OS/c1-11(8-19(3,4)24)9-28-15-6-5-13(7-14(15)20(21,22)23)16-17-18(26-10-25-16)29-12(2)27-17/h5-7,10-11H,8-9,24H2,1-4H3/t11-/m0/s1. The zero-order chi connectivity index (χ0) is 21.4. The van der Waals surface area contributed by atoms with E-state index < -0.39 is 17.3 Å². The Balaban J connectivity index is 1.94. The minimum atomic E-state index is -4.56. The van der Waals surface area contributed by atoms with Gasteiger partial charge in [0.25, 0.3) is 0 Å². The highest BCUT2D eigenvalue weighted by molar-refractivity contribution is 7.18. The van der Waals surface area contributed by atoms with Crippen molar-refractivity contribution in [3.05, 3.63) is 35.1 Å². The molecule has 0 fully saturated rings. The number of aromatic nitrogens is 3. The Kier molecular flexibility index (Phi) is 5.82. The summed E-state index contributed by atoms with van der Waals surface area (Å²) in [6.45, 7) is 7.62. The first-order valence-corrected chi connectivity index (χ1v) is 9.97. The van der Waals surface area contributed by atoms with Gasteiger partial charge >= 0.3 is 6.18 Å². The fraction of sp³-hybridized carbons (Fsp3) is 0.450. The average Bonchev–Trinajstić information content (AvgIpc) is 2.97. The SMILES string of the molecule is Cc1nc2c(-c3ccc(OC[C@@H](C)CC(C)(C)N)c(C(F)(F)F)c3)ncnc2s1. The normalized spacial score (nSPS) is 13.7. The van der Waals surface area contributed by atoms with E-state index in [4.69, 9.17) is 10.5 Å². The fourth-order valence-corrected chi connectivity index (χ4v) is 4.04. The first-order valence-electron chi connectivity index (χ1n) is 9.15. The summed E-state index contributed by atoms with van der Waals surface area (Å²) in [4.78, 5) is 13.3. The van der Waals surface area contributed by atoms with Crippen molar-refractivity contribution in [1.82, 2.24) is 15.0 Å². The number of nitrogens with zero attached hydrogens (tertiary/aromatic N) is 3. The predicted molar refractivity (Wildman–Crippen MR) is 108 cm³/mol. The first kappa shape index (κ1) is 21.4. The monoisotopic (exact) mass is 424 g/mol. The summed E-state index contributed by atoms with van der Waals surface area (Å²) < 4.78 is 46.7. The molecular formula is C20H23F3N4OS. The van der Waals surface area contributed by atoms with E-state index in [1.54, 1.807) is 6.07 Å². The number of ether oxygens (including phenoxy) is 1. The predicted octanol–water partition coefficient (Wildman–Crippen LogP) is 5.22. The lowest BCUT2D eigenvalue weighted by Gasteiger charge is -2.24. The summed E-state index contributed by atoms with van der Waals surface area (Å²) >= 11 is 1.37. The van der Waals surface area contributed by atoms with E-state index in [0.29, 0.717) is 28.0 Å². The number of hydrogen-bond acceptors (Lipinski definition) is 6. The van der Waals surface area contributed by atoms with Gasteiger partial charge in [-0.05, 0) is 51.3 Å². The number of fused-ring (bicyclic) bond motifs is 1. The molecule has 0 amide bonds. The van der Waals surface area contributed by atoms with Crippen LogP contribution in [-0.4, -0.2) is 27.1 Å². The molecule has 2 heterocycles. The Hall–Kier alpha value is -2.26. The highest BCUT2D eigenvalue weighted by Gasteiger charge is 2.35. The lowest BCUT2D eigenvalue weighted by Crippen LogP contribution is -2.35. The van der Waals surface area contributed by atoms with Gasteiger partial charge in [-0.1, -0.05) is 18.3 Å². The molecule has 2 aromatic heterocycles. The van der Waals surface area contributed by atoms with Gasteiger partial charge in [-0.25, -0.2) is 15.0 Å². The number of rotatable bonds is 6. The third-order valence-electron chi connectivity index (χ3n) is 4.26. The number of benzene rings is 1. The highest BCUT2D eigenvalue weighted by Crippen LogP contribution is 2.40. The van der Waals surface area contributed by atoms with Crippen LogP contribution in [-0.2, 0) is 6.18 Å². The maximum atomic E-state index is 13.7.